The first kappa shape index (κ1) is 34.2. The number of ether oxygens (including phenoxy) is 4. The van der Waals surface area contributed by atoms with Gasteiger partial charge < -0.3 is 24.1 Å². The molecule has 46 heavy (non-hydrogen) atoms. The molecule has 1 N–H and O–H groups in total. The number of carbonyl (C=O) groups is 3. The number of benzene rings is 2. The first-order chi connectivity index (χ1) is 22.2. The van der Waals surface area contributed by atoms with Gasteiger partial charge in [0.05, 0.1) is 37.6 Å². The minimum atomic E-state index is -1.09. The fraction of sp³-hybridized carbons (Fsp3) is 0.371. The molecular weight excluding hydrogens is 608 g/mol. The highest BCUT2D eigenvalue weighted by Gasteiger charge is 2.48. The number of hydrogen-bond acceptors (Lipinski definition) is 10. The largest absolute Gasteiger partial charge is 0.507 e. The number of esters is 1. The third-order valence-electron chi connectivity index (χ3n) is 7.36. The molecule has 244 valence electrons. The lowest BCUT2D eigenvalue weighted by atomic mass is 9.95. The summed E-state index contributed by atoms with van der Waals surface area (Å²) in [6.07, 6.45) is 6.30. The summed E-state index contributed by atoms with van der Waals surface area (Å²) in [6, 6.07) is 10.7. The quantitative estimate of drug-likeness (QED) is 0.0430. The highest BCUT2D eigenvalue weighted by molar-refractivity contribution is 7.17. The SMILES string of the molecule is C=CCOC(=O)c1sc(N2C(=O)C(=O)/C(=C(/O)c3ccc(OCCCC)cc3)C2c2ccc(OCCCCC)c(OC)c2)nc1C. The summed E-state index contributed by atoms with van der Waals surface area (Å²) in [5.74, 6) is -1.24. The molecule has 3 aromatic rings. The van der Waals surface area contributed by atoms with E-state index >= 15 is 0 Å². The number of methoxy groups -OCH3 is 1. The van der Waals surface area contributed by atoms with Gasteiger partial charge in [0.25, 0.3) is 5.78 Å². The Balaban J connectivity index is 1.81. The van der Waals surface area contributed by atoms with Crippen molar-refractivity contribution >= 4 is 39.9 Å². The molecule has 1 atom stereocenters. The van der Waals surface area contributed by atoms with Crippen LogP contribution in [0, 0.1) is 6.92 Å². The minimum absolute atomic E-state index is 0.00507. The Labute approximate surface area is 273 Å². The summed E-state index contributed by atoms with van der Waals surface area (Å²) in [6.45, 7) is 10.4. The van der Waals surface area contributed by atoms with E-state index in [0.29, 0.717) is 47.3 Å². The van der Waals surface area contributed by atoms with Crippen molar-refractivity contribution in [1.29, 1.82) is 0 Å². The molecule has 0 spiro atoms. The molecule has 1 aromatic heterocycles. The molecule has 1 aliphatic rings. The van der Waals surface area contributed by atoms with Crippen LogP contribution < -0.4 is 19.1 Å². The zero-order valence-corrected chi connectivity index (χ0v) is 27.5. The van der Waals surface area contributed by atoms with Crippen molar-refractivity contribution in [2.24, 2.45) is 0 Å². The van der Waals surface area contributed by atoms with E-state index in [2.05, 4.69) is 25.4 Å². The van der Waals surface area contributed by atoms with Crippen molar-refractivity contribution in [3.8, 4) is 17.2 Å². The van der Waals surface area contributed by atoms with Crippen LogP contribution >= 0.6 is 11.3 Å². The molecule has 4 rings (SSSR count). The molecule has 2 aromatic carbocycles. The fourth-order valence-electron chi connectivity index (χ4n) is 4.93. The van der Waals surface area contributed by atoms with E-state index < -0.39 is 23.7 Å². The molecule has 1 unspecified atom stereocenters. The number of aliphatic hydroxyl groups is 1. The second-order valence-electron chi connectivity index (χ2n) is 10.7. The van der Waals surface area contributed by atoms with Gasteiger partial charge in [-0.05, 0) is 61.7 Å². The molecule has 2 heterocycles. The lowest BCUT2D eigenvalue weighted by Gasteiger charge is -2.24. The highest BCUT2D eigenvalue weighted by Crippen LogP contribution is 2.45. The summed E-state index contributed by atoms with van der Waals surface area (Å²) in [5, 5.41) is 11.7. The Morgan fingerprint density at radius 1 is 1.02 bits per heavy atom. The molecular formula is C35H40N2O8S. The van der Waals surface area contributed by atoms with Crippen molar-refractivity contribution in [1.82, 2.24) is 4.98 Å². The second kappa shape index (κ2) is 16.1. The van der Waals surface area contributed by atoms with E-state index in [0.717, 1.165) is 43.4 Å². The number of amides is 1. The number of unbranched alkanes of at least 4 members (excludes halogenated alkanes) is 3. The van der Waals surface area contributed by atoms with Crippen molar-refractivity contribution in [2.75, 3.05) is 31.8 Å². The van der Waals surface area contributed by atoms with Gasteiger partial charge in [-0.3, -0.25) is 14.5 Å². The van der Waals surface area contributed by atoms with E-state index in [4.69, 9.17) is 18.9 Å². The molecule has 10 nitrogen and oxygen atoms in total. The number of rotatable bonds is 16. The maximum absolute atomic E-state index is 13.7. The number of aryl methyl sites for hydroxylation is 1. The lowest BCUT2D eigenvalue weighted by molar-refractivity contribution is -0.132. The van der Waals surface area contributed by atoms with E-state index in [9.17, 15) is 19.5 Å². The number of nitrogens with zero attached hydrogens (tertiary/aromatic N) is 2. The molecule has 1 fully saturated rings. The first-order valence-electron chi connectivity index (χ1n) is 15.4. The Morgan fingerprint density at radius 2 is 1.74 bits per heavy atom. The Bertz CT molecular complexity index is 1590. The zero-order valence-electron chi connectivity index (χ0n) is 26.7. The first-order valence-corrected chi connectivity index (χ1v) is 16.2. The van der Waals surface area contributed by atoms with Gasteiger partial charge in [-0.15, -0.1) is 0 Å². The molecule has 0 saturated carbocycles. The number of carbonyl (C=O) groups excluding carboxylic acids is 3. The van der Waals surface area contributed by atoms with E-state index in [-0.39, 0.29) is 27.9 Å². The van der Waals surface area contributed by atoms with Gasteiger partial charge in [-0.1, -0.05) is 63.2 Å². The van der Waals surface area contributed by atoms with Gasteiger partial charge in [-0.25, -0.2) is 9.78 Å². The van der Waals surface area contributed by atoms with Crippen molar-refractivity contribution in [3.63, 3.8) is 0 Å². The number of thiazole rings is 1. The molecule has 0 aliphatic carbocycles. The summed E-state index contributed by atoms with van der Waals surface area (Å²) >= 11 is 0.925. The summed E-state index contributed by atoms with van der Waals surface area (Å²) in [5.41, 5.74) is 1.01. The maximum Gasteiger partial charge on any atom is 0.350 e. The van der Waals surface area contributed by atoms with E-state index in [1.807, 2.05) is 0 Å². The maximum atomic E-state index is 13.7. The van der Waals surface area contributed by atoms with Crippen LogP contribution in [0.2, 0.25) is 0 Å². The number of ketones is 1. The van der Waals surface area contributed by atoms with Gasteiger partial charge in [0.15, 0.2) is 16.6 Å². The van der Waals surface area contributed by atoms with Crippen molar-refractivity contribution in [2.45, 2.75) is 58.9 Å². The lowest BCUT2D eigenvalue weighted by Crippen LogP contribution is -2.29. The number of aromatic nitrogens is 1. The van der Waals surface area contributed by atoms with Crippen LogP contribution in [0.15, 0.2) is 60.7 Å². The van der Waals surface area contributed by atoms with E-state index in [1.165, 1.54) is 18.1 Å². The van der Waals surface area contributed by atoms with E-state index in [1.54, 1.807) is 49.4 Å². The Kier molecular flexibility index (Phi) is 12.0. The van der Waals surface area contributed by atoms with Gasteiger partial charge in [-0.2, -0.15) is 0 Å². The van der Waals surface area contributed by atoms with Crippen LogP contribution in [-0.4, -0.2) is 54.7 Å². The second-order valence-corrected chi connectivity index (χ2v) is 11.6. The highest BCUT2D eigenvalue weighted by atomic mass is 32.1. The predicted molar refractivity (Wildman–Crippen MR) is 177 cm³/mol. The van der Waals surface area contributed by atoms with Crippen LogP contribution in [0.4, 0.5) is 5.13 Å². The average molecular weight is 649 g/mol. The van der Waals surface area contributed by atoms with Crippen LogP contribution in [0.1, 0.15) is 78.5 Å². The standard InChI is InChI=1S/C35H40N2O8S/c1-6-9-11-20-44-26-17-14-24(21-27(26)42-5)29-28(30(38)23-12-15-25(16-13-23)43-19-10-7-2)31(39)33(40)37(29)35-36-22(4)32(46-35)34(41)45-18-8-3/h8,12-17,21,29,38H,3,6-7,9-11,18-20H2,1-2,4-5H3/b30-28+. The molecule has 1 saturated heterocycles. The summed E-state index contributed by atoms with van der Waals surface area (Å²) in [7, 11) is 1.50. The predicted octanol–water partition coefficient (Wildman–Crippen LogP) is 7.18. The summed E-state index contributed by atoms with van der Waals surface area (Å²) in [4.78, 5) is 46.0. The molecule has 1 amide bonds. The minimum Gasteiger partial charge on any atom is -0.507 e. The number of aliphatic hydroxyl groups excluding tert-OH is 1. The summed E-state index contributed by atoms with van der Waals surface area (Å²) < 4.78 is 22.5. The third-order valence-corrected chi connectivity index (χ3v) is 8.49. The monoisotopic (exact) mass is 648 g/mol. The molecule has 0 bridgehead atoms. The normalized spacial score (nSPS) is 15.6. The smallest absolute Gasteiger partial charge is 0.350 e. The van der Waals surface area contributed by atoms with Crippen molar-refractivity contribution in [3.05, 3.63) is 82.4 Å². The third kappa shape index (κ3) is 7.59. The topological polar surface area (TPSA) is 124 Å². The van der Waals surface area contributed by atoms with Crippen molar-refractivity contribution < 1.29 is 38.4 Å². The van der Waals surface area contributed by atoms with Gasteiger partial charge >= 0.3 is 11.9 Å². The van der Waals surface area contributed by atoms with Crippen LogP contribution in [0.25, 0.3) is 5.76 Å². The fourth-order valence-corrected chi connectivity index (χ4v) is 5.91. The van der Waals surface area contributed by atoms with Crippen LogP contribution in [-0.2, 0) is 14.3 Å². The molecule has 11 heteroatoms. The Morgan fingerprint density at radius 3 is 2.41 bits per heavy atom. The van der Waals surface area contributed by atoms with Gasteiger partial charge in [0, 0.05) is 5.56 Å². The number of hydrogen-bond donors (Lipinski definition) is 1. The van der Waals surface area contributed by atoms with Crippen LogP contribution in [0.3, 0.4) is 0 Å². The molecule has 1 aliphatic heterocycles. The average Bonchev–Trinajstić information content (AvgIpc) is 3.57. The number of Topliss-reactive ketones (excluding diaryl/α,β-unsaturated/α-hetero) is 1. The van der Waals surface area contributed by atoms with Gasteiger partial charge in [0.2, 0.25) is 0 Å². The zero-order chi connectivity index (χ0) is 33.2. The van der Waals surface area contributed by atoms with Gasteiger partial charge in [0.1, 0.15) is 23.0 Å². The van der Waals surface area contributed by atoms with Crippen LogP contribution in [0.5, 0.6) is 17.2 Å². The Hall–Kier alpha value is -4.64. The molecule has 0 radical (unpaired) electrons. The number of anilines is 1.